The topological polar surface area (TPSA) is 38.0 Å². The highest BCUT2D eigenvalue weighted by atomic mass is 19.4. The second kappa shape index (κ2) is 3.71. The van der Waals surface area contributed by atoms with Crippen LogP contribution in [0, 0.1) is 0 Å². The van der Waals surface area contributed by atoms with Gasteiger partial charge in [-0.3, -0.25) is 0 Å². The Morgan fingerprint density at radius 2 is 2.06 bits per heavy atom. The zero-order valence-corrected chi connectivity index (χ0v) is 9.80. The molecule has 5 heteroatoms. The van der Waals surface area contributed by atoms with E-state index in [1.165, 1.54) is 12.1 Å². The predicted octanol–water partition coefficient (Wildman–Crippen LogP) is 2.38. The van der Waals surface area contributed by atoms with Crippen molar-refractivity contribution in [2.75, 3.05) is 0 Å². The molecule has 1 aromatic rings. The van der Waals surface area contributed by atoms with Crippen molar-refractivity contribution < 1.29 is 13.2 Å². The molecule has 2 bridgehead atoms. The molecular formula is C13H15F3N2. The Bertz CT molecular complexity index is 472. The molecule has 1 aromatic carbocycles. The molecule has 18 heavy (non-hydrogen) atoms. The number of benzene rings is 1. The predicted molar refractivity (Wildman–Crippen MR) is 61.9 cm³/mol. The molecule has 0 aliphatic carbocycles. The van der Waals surface area contributed by atoms with Gasteiger partial charge in [-0.2, -0.15) is 13.2 Å². The van der Waals surface area contributed by atoms with E-state index in [2.05, 4.69) is 5.32 Å². The third kappa shape index (κ3) is 1.73. The average Bonchev–Trinajstić information content (AvgIpc) is 2.88. The average molecular weight is 256 g/mol. The molecule has 0 spiro atoms. The van der Waals surface area contributed by atoms with Gasteiger partial charge in [0, 0.05) is 12.1 Å². The highest BCUT2D eigenvalue weighted by Crippen LogP contribution is 2.42. The van der Waals surface area contributed by atoms with Crippen molar-refractivity contribution in [2.45, 2.75) is 43.1 Å². The van der Waals surface area contributed by atoms with E-state index >= 15 is 0 Å². The number of hydrogen-bond donors (Lipinski definition) is 2. The third-order valence-electron chi connectivity index (χ3n) is 4.17. The van der Waals surface area contributed by atoms with E-state index in [0.717, 1.165) is 25.3 Å². The highest BCUT2D eigenvalue weighted by molar-refractivity contribution is 5.35. The molecule has 2 saturated heterocycles. The summed E-state index contributed by atoms with van der Waals surface area (Å²) in [7, 11) is 0. The minimum Gasteiger partial charge on any atom is -0.320 e. The minimum atomic E-state index is -4.31. The van der Waals surface area contributed by atoms with Crippen LogP contribution in [0.3, 0.4) is 0 Å². The van der Waals surface area contributed by atoms with Gasteiger partial charge in [-0.1, -0.05) is 12.1 Å². The lowest BCUT2D eigenvalue weighted by Gasteiger charge is -2.33. The summed E-state index contributed by atoms with van der Waals surface area (Å²) in [6.07, 6.45) is -1.57. The molecule has 3 rings (SSSR count). The maximum Gasteiger partial charge on any atom is 0.416 e. The van der Waals surface area contributed by atoms with Crippen LogP contribution in [0.15, 0.2) is 24.3 Å². The van der Waals surface area contributed by atoms with E-state index < -0.39 is 17.3 Å². The van der Waals surface area contributed by atoms with Gasteiger partial charge in [-0.05, 0) is 37.0 Å². The molecule has 0 saturated carbocycles. The summed E-state index contributed by atoms with van der Waals surface area (Å²) in [6, 6.07) is 5.90. The quantitative estimate of drug-likeness (QED) is 0.809. The molecule has 2 aliphatic heterocycles. The number of rotatable bonds is 1. The summed E-state index contributed by atoms with van der Waals surface area (Å²) in [5.41, 5.74) is 5.68. The normalized spacial score (nSPS) is 35.1. The first-order chi connectivity index (χ1) is 8.39. The van der Waals surface area contributed by atoms with Crippen molar-refractivity contribution in [3.05, 3.63) is 35.4 Å². The van der Waals surface area contributed by atoms with Crippen LogP contribution >= 0.6 is 0 Å². The number of nitrogens with one attached hydrogen (secondary N) is 1. The zero-order valence-electron chi connectivity index (χ0n) is 9.80. The number of hydrogen-bond acceptors (Lipinski definition) is 2. The van der Waals surface area contributed by atoms with Crippen molar-refractivity contribution in [3.8, 4) is 0 Å². The molecule has 3 unspecified atom stereocenters. The molecule has 2 aliphatic rings. The van der Waals surface area contributed by atoms with E-state index in [0.29, 0.717) is 11.6 Å². The summed E-state index contributed by atoms with van der Waals surface area (Å²) in [5.74, 6) is 0. The summed E-state index contributed by atoms with van der Waals surface area (Å²) in [6.45, 7) is 0. The summed E-state index contributed by atoms with van der Waals surface area (Å²) in [4.78, 5) is 0. The SMILES string of the molecule is NC1(c2cccc(C(F)(F)F)c2)CC2CCC1N2. The molecule has 2 fully saturated rings. The summed E-state index contributed by atoms with van der Waals surface area (Å²) in [5, 5.41) is 3.37. The van der Waals surface area contributed by atoms with Gasteiger partial charge in [0.2, 0.25) is 0 Å². The van der Waals surface area contributed by atoms with Crippen molar-refractivity contribution in [2.24, 2.45) is 5.73 Å². The van der Waals surface area contributed by atoms with Crippen LogP contribution in [0.2, 0.25) is 0 Å². The van der Waals surface area contributed by atoms with Gasteiger partial charge >= 0.3 is 6.18 Å². The Morgan fingerprint density at radius 3 is 2.61 bits per heavy atom. The van der Waals surface area contributed by atoms with Crippen LogP contribution in [0.1, 0.15) is 30.4 Å². The molecule has 3 atom stereocenters. The fourth-order valence-corrected chi connectivity index (χ4v) is 3.24. The standard InChI is InChI=1S/C13H15F3N2/c14-13(15,16)9-3-1-2-8(6-9)12(17)7-10-4-5-11(12)18-10/h1-3,6,10-11,18H,4-5,7,17H2. The molecule has 0 amide bonds. The zero-order chi connectivity index (χ0) is 13.0. The van der Waals surface area contributed by atoms with Gasteiger partial charge in [-0.25, -0.2) is 0 Å². The van der Waals surface area contributed by atoms with Gasteiger partial charge in [0.15, 0.2) is 0 Å². The van der Waals surface area contributed by atoms with Crippen LogP contribution in [0.25, 0.3) is 0 Å². The molecule has 98 valence electrons. The van der Waals surface area contributed by atoms with Crippen LogP contribution in [-0.2, 0) is 11.7 Å². The van der Waals surface area contributed by atoms with Gasteiger partial charge in [0.25, 0.3) is 0 Å². The van der Waals surface area contributed by atoms with Crippen LogP contribution < -0.4 is 11.1 Å². The minimum absolute atomic E-state index is 0.103. The van der Waals surface area contributed by atoms with E-state index in [-0.39, 0.29) is 6.04 Å². The lowest BCUT2D eigenvalue weighted by atomic mass is 9.77. The number of fused-ring (bicyclic) bond motifs is 2. The van der Waals surface area contributed by atoms with Gasteiger partial charge in [0.05, 0.1) is 11.1 Å². The lowest BCUT2D eigenvalue weighted by Crippen LogP contribution is -2.47. The first-order valence-electron chi connectivity index (χ1n) is 6.12. The van der Waals surface area contributed by atoms with Crippen molar-refractivity contribution >= 4 is 0 Å². The molecular weight excluding hydrogens is 241 g/mol. The Balaban J connectivity index is 1.98. The molecule has 3 N–H and O–H groups in total. The lowest BCUT2D eigenvalue weighted by molar-refractivity contribution is -0.137. The van der Waals surface area contributed by atoms with Crippen LogP contribution in [0.5, 0.6) is 0 Å². The van der Waals surface area contributed by atoms with Crippen molar-refractivity contribution in [1.29, 1.82) is 0 Å². The first kappa shape index (κ1) is 12.0. The fourth-order valence-electron chi connectivity index (χ4n) is 3.24. The van der Waals surface area contributed by atoms with Crippen molar-refractivity contribution in [1.82, 2.24) is 5.32 Å². The largest absolute Gasteiger partial charge is 0.416 e. The second-order valence-electron chi connectivity index (χ2n) is 5.32. The van der Waals surface area contributed by atoms with Gasteiger partial charge < -0.3 is 11.1 Å². The number of halogens is 3. The molecule has 2 heterocycles. The summed E-state index contributed by atoms with van der Waals surface area (Å²) < 4.78 is 38.1. The third-order valence-corrected chi connectivity index (χ3v) is 4.17. The molecule has 2 nitrogen and oxygen atoms in total. The Morgan fingerprint density at radius 1 is 1.28 bits per heavy atom. The Kier molecular flexibility index (Phi) is 2.47. The van der Waals surface area contributed by atoms with E-state index in [9.17, 15) is 13.2 Å². The van der Waals surface area contributed by atoms with Crippen LogP contribution in [0.4, 0.5) is 13.2 Å². The van der Waals surface area contributed by atoms with E-state index in [1.54, 1.807) is 6.07 Å². The van der Waals surface area contributed by atoms with Gasteiger partial charge in [-0.15, -0.1) is 0 Å². The maximum atomic E-state index is 12.7. The monoisotopic (exact) mass is 256 g/mol. The Hall–Kier alpha value is -1.07. The Labute approximate surface area is 103 Å². The van der Waals surface area contributed by atoms with Crippen molar-refractivity contribution in [3.63, 3.8) is 0 Å². The highest BCUT2D eigenvalue weighted by Gasteiger charge is 2.49. The van der Waals surface area contributed by atoms with Crippen LogP contribution in [-0.4, -0.2) is 12.1 Å². The number of alkyl halides is 3. The molecule has 0 aromatic heterocycles. The van der Waals surface area contributed by atoms with Gasteiger partial charge in [0.1, 0.15) is 0 Å². The fraction of sp³-hybridized carbons (Fsp3) is 0.538. The summed E-state index contributed by atoms with van der Waals surface area (Å²) >= 11 is 0. The first-order valence-corrected chi connectivity index (χ1v) is 6.12. The smallest absolute Gasteiger partial charge is 0.320 e. The number of nitrogens with two attached hydrogens (primary N) is 1. The van der Waals surface area contributed by atoms with E-state index in [4.69, 9.17) is 5.73 Å². The maximum absolute atomic E-state index is 12.7. The van der Waals surface area contributed by atoms with E-state index in [1.807, 2.05) is 0 Å². The molecule has 0 radical (unpaired) electrons. The second-order valence-corrected chi connectivity index (χ2v) is 5.32.